The second kappa shape index (κ2) is 3.88. The van der Waals surface area contributed by atoms with Gasteiger partial charge in [0.05, 0.1) is 0 Å². The van der Waals surface area contributed by atoms with E-state index < -0.39 is 12.7 Å². The molecule has 2 atom stereocenters. The van der Waals surface area contributed by atoms with E-state index in [1.54, 1.807) is 4.90 Å². The van der Waals surface area contributed by atoms with E-state index in [-0.39, 0.29) is 17.3 Å². The Bertz CT molecular complexity index is 328. The highest BCUT2D eigenvalue weighted by Crippen LogP contribution is 2.65. The SMILES string of the molecule is CC(C)(C)OC(=O)N1CCC2(B(O)O)CC2C1. The minimum Gasteiger partial charge on any atom is -0.444 e. The molecule has 0 aromatic rings. The van der Waals surface area contributed by atoms with Crippen molar-refractivity contribution < 1.29 is 19.6 Å². The van der Waals surface area contributed by atoms with Crippen molar-refractivity contribution in [3.8, 4) is 0 Å². The van der Waals surface area contributed by atoms with Gasteiger partial charge in [-0.3, -0.25) is 0 Å². The zero-order chi connectivity index (χ0) is 12.8. The van der Waals surface area contributed by atoms with E-state index >= 15 is 0 Å². The molecule has 0 bridgehead atoms. The van der Waals surface area contributed by atoms with E-state index in [2.05, 4.69) is 0 Å². The summed E-state index contributed by atoms with van der Waals surface area (Å²) in [7, 11) is -1.26. The fourth-order valence-corrected chi connectivity index (χ4v) is 2.59. The standard InChI is InChI=1S/C11H20BNO4/c1-10(2,3)17-9(14)13-5-4-11(12(15)16)6-8(11)7-13/h8,15-16H,4-7H2,1-3H3. The monoisotopic (exact) mass is 241 g/mol. The van der Waals surface area contributed by atoms with Crippen LogP contribution in [0.3, 0.4) is 0 Å². The average Bonchev–Trinajstić information content (AvgIpc) is 2.88. The second-order valence-electron chi connectivity index (χ2n) is 6.18. The Labute approximate surface area is 102 Å². The first-order valence-corrected chi connectivity index (χ1v) is 6.09. The highest BCUT2D eigenvalue weighted by atomic mass is 16.6. The van der Waals surface area contributed by atoms with E-state index in [1.807, 2.05) is 20.8 Å². The number of carbonyl (C=O) groups excluding carboxylic acids is 1. The molecular formula is C11H20BNO4. The summed E-state index contributed by atoms with van der Waals surface area (Å²) in [5.41, 5.74) is -0.480. The van der Waals surface area contributed by atoms with E-state index in [1.165, 1.54) is 0 Å². The highest BCUT2D eigenvalue weighted by Gasteiger charge is 2.63. The van der Waals surface area contributed by atoms with E-state index in [9.17, 15) is 14.8 Å². The van der Waals surface area contributed by atoms with Gasteiger partial charge in [-0.05, 0) is 39.5 Å². The summed E-state index contributed by atoms with van der Waals surface area (Å²) in [6.45, 7) is 6.64. The van der Waals surface area contributed by atoms with Crippen molar-refractivity contribution in [1.82, 2.24) is 4.90 Å². The Morgan fingerprint density at radius 1 is 1.47 bits per heavy atom. The highest BCUT2D eigenvalue weighted by molar-refractivity contribution is 6.47. The van der Waals surface area contributed by atoms with Gasteiger partial charge in [-0.25, -0.2) is 4.79 Å². The lowest BCUT2D eigenvalue weighted by molar-refractivity contribution is 0.0204. The maximum Gasteiger partial charge on any atom is 0.458 e. The summed E-state index contributed by atoms with van der Waals surface area (Å²) < 4.78 is 5.30. The maximum atomic E-state index is 11.8. The summed E-state index contributed by atoms with van der Waals surface area (Å²) in [4.78, 5) is 13.5. The molecule has 96 valence electrons. The topological polar surface area (TPSA) is 70.0 Å². The van der Waals surface area contributed by atoms with Gasteiger partial charge < -0.3 is 19.7 Å². The lowest BCUT2D eigenvalue weighted by Crippen LogP contribution is -2.43. The summed E-state index contributed by atoms with van der Waals surface area (Å²) >= 11 is 0. The Hall–Kier alpha value is -0.745. The number of likely N-dealkylation sites (tertiary alicyclic amines) is 1. The van der Waals surface area contributed by atoms with Gasteiger partial charge in [-0.1, -0.05) is 0 Å². The Morgan fingerprint density at radius 2 is 2.12 bits per heavy atom. The van der Waals surface area contributed by atoms with Crippen molar-refractivity contribution in [2.45, 2.75) is 44.5 Å². The molecule has 0 aromatic carbocycles. The van der Waals surface area contributed by atoms with Gasteiger partial charge in [-0.15, -0.1) is 0 Å². The van der Waals surface area contributed by atoms with Gasteiger partial charge in [0.15, 0.2) is 0 Å². The molecule has 2 N–H and O–H groups in total. The van der Waals surface area contributed by atoms with Gasteiger partial charge in [0.2, 0.25) is 0 Å². The van der Waals surface area contributed by atoms with Crippen molar-refractivity contribution in [3.05, 3.63) is 0 Å². The molecule has 17 heavy (non-hydrogen) atoms. The zero-order valence-corrected chi connectivity index (χ0v) is 10.6. The third-order valence-electron chi connectivity index (χ3n) is 3.73. The average molecular weight is 241 g/mol. The van der Waals surface area contributed by atoms with Crippen molar-refractivity contribution in [1.29, 1.82) is 0 Å². The van der Waals surface area contributed by atoms with Crippen LogP contribution in [0.5, 0.6) is 0 Å². The molecule has 1 saturated carbocycles. The summed E-state index contributed by atoms with van der Waals surface area (Å²) in [6, 6.07) is 0. The molecule has 0 aromatic heterocycles. The first-order chi connectivity index (χ1) is 7.74. The number of ether oxygens (including phenoxy) is 1. The van der Waals surface area contributed by atoms with Crippen LogP contribution in [0.25, 0.3) is 0 Å². The van der Waals surface area contributed by atoms with Crippen LogP contribution < -0.4 is 0 Å². The molecule has 0 radical (unpaired) electrons. The first kappa shape index (κ1) is 12.7. The lowest BCUT2D eigenvalue weighted by atomic mass is 9.64. The van der Waals surface area contributed by atoms with Crippen molar-refractivity contribution in [2.24, 2.45) is 5.92 Å². The summed E-state index contributed by atoms with van der Waals surface area (Å²) in [6.07, 6.45) is 1.14. The normalized spacial score (nSPS) is 31.8. The van der Waals surface area contributed by atoms with Crippen LogP contribution in [0.4, 0.5) is 4.79 Å². The first-order valence-electron chi connectivity index (χ1n) is 6.09. The number of amides is 1. The van der Waals surface area contributed by atoms with Crippen LogP contribution in [0.2, 0.25) is 5.31 Å². The third-order valence-corrected chi connectivity index (χ3v) is 3.73. The molecule has 1 heterocycles. The molecular weight excluding hydrogens is 221 g/mol. The van der Waals surface area contributed by atoms with Crippen LogP contribution >= 0.6 is 0 Å². The number of hydrogen-bond acceptors (Lipinski definition) is 4. The Balaban J connectivity index is 1.90. The smallest absolute Gasteiger partial charge is 0.444 e. The summed E-state index contributed by atoms with van der Waals surface area (Å²) in [5, 5.41) is 18.3. The minimum absolute atomic E-state index is 0.212. The third kappa shape index (κ3) is 2.42. The van der Waals surface area contributed by atoms with Crippen LogP contribution in [0, 0.1) is 5.92 Å². The predicted octanol–water partition coefficient (Wildman–Crippen LogP) is 0.860. The number of fused-ring (bicyclic) bond motifs is 1. The Morgan fingerprint density at radius 3 is 2.59 bits per heavy atom. The molecule has 0 spiro atoms. The molecule has 2 aliphatic rings. The van der Waals surface area contributed by atoms with E-state index in [4.69, 9.17) is 4.74 Å². The quantitative estimate of drug-likeness (QED) is 0.668. The van der Waals surface area contributed by atoms with Gasteiger partial charge in [0.1, 0.15) is 5.60 Å². The molecule has 5 nitrogen and oxygen atoms in total. The molecule has 1 aliphatic heterocycles. The van der Waals surface area contributed by atoms with Crippen molar-refractivity contribution >= 4 is 13.2 Å². The van der Waals surface area contributed by atoms with Gasteiger partial charge in [-0.2, -0.15) is 0 Å². The molecule has 1 saturated heterocycles. The maximum absolute atomic E-state index is 11.8. The molecule has 1 aliphatic carbocycles. The molecule has 2 unspecified atom stereocenters. The van der Waals surface area contributed by atoms with E-state index in [0.29, 0.717) is 19.5 Å². The van der Waals surface area contributed by atoms with Crippen LogP contribution in [0.1, 0.15) is 33.6 Å². The van der Waals surface area contributed by atoms with E-state index in [0.717, 1.165) is 6.42 Å². The molecule has 1 amide bonds. The van der Waals surface area contributed by atoms with Gasteiger partial charge in [0.25, 0.3) is 0 Å². The minimum atomic E-state index is -1.26. The largest absolute Gasteiger partial charge is 0.458 e. The second-order valence-corrected chi connectivity index (χ2v) is 6.18. The Kier molecular flexibility index (Phi) is 2.90. The van der Waals surface area contributed by atoms with Gasteiger partial charge >= 0.3 is 13.2 Å². The van der Waals surface area contributed by atoms with Gasteiger partial charge in [0, 0.05) is 18.4 Å². The number of hydrogen-bond donors (Lipinski definition) is 2. The fraction of sp³-hybridized carbons (Fsp3) is 0.909. The number of nitrogens with zero attached hydrogens (tertiary/aromatic N) is 1. The van der Waals surface area contributed by atoms with Crippen molar-refractivity contribution in [2.75, 3.05) is 13.1 Å². The predicted molar refractivity (Wildman–Crippen MR) is 63.4 cm³/mol. The van der Waals surface area contributed by atoms with Crippen LogP contribution in [-0.4, -0.2) is 46.9 Å². The summed E-state index contributed by atoms with van der Waals surface area (Å²) in [5.74, 6) is 0.212. The number of rotatable bonds is 1. The van der Waals surface area contributed by atoms with Crippen LogP contribution in [-0.2, 0) is 4.74 Å². The molecule has 2 fully saturated rings. The molecule has 6 heteroatoms. The fourth-order valence-electron chi connectivity index (χ4n) is 2.59. The zero-order valence-electron chi connectivity index (χ0n) is 10.6. The number of piperidine rings is 1. The van der Waals surface area contributed by atoms with Crippen molar-refractivity contribution in [3.63, 3.8) is 0 Å². The molecule has 2 rings (SSSR count). The lowest BCUT2D eigenvalue weighted by Gasteiger charge is -2.32. The van der Waals surface area contributed by atoms with Crippen LogP contribution in [0.15, 0.2) is 0 Å². The number of carbonyl (C=O) groups is 1.